The third-order valence-corrected chi connectivity index (χ3v) is 19.0. The van der Waals surface area contributed by atoms with Crippen molar-refractivity contribution in [3.05, 3.63) is 108 Å². The first-order chi connectivity index (χ1) is 54.0. The lowest BCUT2D eigenvalue weighted by Crippen LogP contribution is -2.64. The number of carboxylic acids is 1. The lowest BCUT2D eigenvalue weighted by molar-refractivity contribution is -0.140. The zero-order valence-electron chi connectivity index (χ0n) is 63.5. The molecule has 26 N–H and O–H groups in total. The highest BCUT2D eigenvalue weighted by Gasteiger charge is 2.42. The number of nitrogens with two attached hydrogens (primary N) is 6. The molecule has 0 radical (unpaired) electrons. The number of carbonyl (C=O) groups excluding carboxylic acids is 16. The number of fused-ring (bicyclic) bond motifs is 1. The van der Waals surface area contributed by atoms with E-state index in [0.717, 1.165) is 31.0 Å². The highest BCUT2D eigenvalue weighted by molar-refractivity contribution is 7.99. The Morgan fingerprint density at radius 2 is 1.19 bits per heavy atom. The van der Waals surface area contributed by atoms with E-state index < -0.39 is 236 Å². The van der Waals surface area contributed by atoms with Gasteiger partial charge in [0.25, 0.3) is 0 Å². The number of amides is 16. The number of hydrogen-bond donors (Lipinski definition) is 20. The van der Waals surface area contributed by atoms with Crippen LogP contribution in [-0.2, 0) is 94.3 Å². The Morgan fingerprint density at radius 3 is 1.78 bits per heavy atom. The number of nitrogens with one attached hydrogen (secondary N) is 12. The monoisotopic (exact) mass is 1610 g/mol. The molecule has 1 fully saturated rings. The van der Waals surface area contributed by atoms with Gasteiger partial charge in [-0.15, -0.1) is 0 Å². The number of aliphatic hydroxyl groups excluding tert-OH is 1. The van der Waals surface area contributed by atoms with Crippen molar-refractivity contribution in [2.24, 2.45) is 34.4 Å². The number of primary amides is 4. The topological polar surface area (TPSA) is 650 Å². The fourth-order valence-corrected chi connectivity index (χ4v) is 12.8. The van der Waals surface area contributed by atoms with E-state index in [0.29, 0.717) is 22.3 Å². The zero-order chi connectivity index (χ0) is 84.4. The molecule has 40 heteroatoms. The number of hydrogen-bond acceptors (Lipinski definition) is 23. The number of thioether (sulfide) groups is 1. The predicted octanol–water partition coefficient (Wildman–Crippen LogP) is -5.39. The molecule has 0 unspecified atom stereocenters. The molecule has 1 saturated heterocycles. The van der Waals surface area contributed by atoms with Crippen molar-refractivity contribution in [2.45, 2.75) is 176 Å². The maximum Gasteiger partial charge on any atom is 0.303 e. The quantitative estimate of drug-likeness (QED) is 0.0185. The second-order valence-electron chi connectivity index (χ2n) is 27.2. The SMILES string of the molecule is COc1ccc([C@@H]2NC(=O)[C@H]([C@@H](C)O)NC(=O)[C@H](CCC(N)=O)NC(=O)[C@@H](NC(C)=O)CCSC[C@@H](C(=O)N[C@@H](Cc3ccc(OCCN)cc3)C(=O)N[C@@H](Cc3ccc4ccccc4c3)C(=O)N[C@@](C)(CCCCN)C(=O)N[C@@H](CCC(=O)O)C(=O)N[C@@H](CC(N)=O)C(=O)NCC(N)=O)NC(=O)[C@H](CCC(N)=O)NC2=O)cc1. The Kier molecular flexibility index (Phi) is 37.4. The molecule has 620 valence electrons. The molecule has 1 aliphatic rings. The van der Waals surface area contributed by atoms with E-state index in [-0.39, 0.29) is 68.9 Å². The molecule has 5 rings (SSSR count). The normalized spacial score (nSPS) is 19.0. The van der Waals surface area contributed by atoms with E-state index in [9.17, 15) is 72.5 Å². The zero-order valence-corrected chi connectivity index (χ0v) is 64.3. The minimum atomic E-state index is -2.09. The van der Waals surface area contributed by atoms with E-state index in [1.165, 1.54) is 38.3 Å². The van der Waals surface area contributed by atoms with Crippen molar-refractivity contribution in [3.63, 3.8) is 0 Å². The summed E-state index contributed by atoms with van der Waals surface area (Å²) in [6.45, 7) is 3.08. The van der Waals surface area contributed by atoms with Crippen LogP contribution in [0.4, 0.5) is 0 Å². The summed E-state index contributed by atoms with van der Waals surface area (Å²) < 4.78 is 11.0. The summed E-state index contributed by atoms with van der Waals surface area (Å²) >= 11 is 0.904. The van der Waals surface area contributed by atoms with Crippen LogP contribution in [0.1, 0.15) is 114 Å². The van der Waals surface area contributed by atoms with Crippen molar-refractivity contribution in [1.82, 2.24) is 63.8 Å². The van der Waals surface area contributed by atoms with Gasteiger partial charge in [-0.25, -0.2) is 0 Å². The first-order valence-electron chi connectivity index (χ1n) is 36.5. The Labute approximate surface area is 660 Å². The number of aliphatic hydroxyl groups is 1. The molecule has 114 heavy (non-hydrogen) atoms. The Hall–Kier alpha value is -12.0. The molecule has 0 aromatic heterocycles. The first kappa shape index (κ1) is 92.6. The van der Waals surface area contributed by atoms with Crippen molar-refractivity contribution in [1.29, 1.82) is 0 Å². The van der Waals surface area contributed by atoms with Gasteiger partial charge in [-0.2, -0.15) is 11.8 Å². The number of carbonyl (C=O) groups is 17. The Balaban J connectivity index is 1.67. The highest BCUT2D eigenvalue weighted by atomic mass is 32.2. The van der Waals surface area contributed by atoms with Crippen molar-refractivity contribution in [2.75, 3.05) is 44.9 Å². The molecule has 39 nitrogen and oxygen atoms in total. The van der Waals surface area contributed by atoms with Crippen LogP contribution in [0.25, 0.3) is 10.8 Å². The first-order valence-corrected chi connectivity index (χ1v) is 37.6. The van der Waals surface area contributed by atoms with Crippen LogP contribution in [0, 0.1) is 0 Å². The van der Waals surface area contributed by atoms with Crippen LogP contribution < -0.4 is 108 Å². The van der Waals surface area contributed by atoms with Crippen LogP contribution in [0.5, 0.6) is 11.5 Å². The van der Waals surface area contributed by atoms with E-state index in [2.05, 4.69) is 63.8 Å². The van der Waals surface area contributed by atoms with Gasteiger partial charge in [0.05, 0.1) is 26.2 Å². The molecule has 0 bridgehead atoms. The Bertz CT molecular complexity index is 4100. The number of benzene rings is 4. The number of rotatable bonds is 39. The average Bonchev–Trinajstić information content (AvgIpc) is 0.828. The number of methoxy groups -OCH3 is 1. The second-order valence-corrected chi connectivity index (χ2v) is 28.3. The predicted molar refractivity (Wildman–Crippen MR) is 412 cm³/mol. The molecular weight excluding hydrogens is 1510 g/mol. The molecule has 1 aliphatic heterocycles. The minimum Gasteiger partial charge on any atom is -0.497 e. The summed E-state index contributed by atoms with van der Waals surface area (Å²) in [7, 11) is 1.35. The van der Waals surface area contributed by atoms with E-state index in [1.807, 2.05) is 6.07 Å². The highest BCUT2D eigenvalue weighted by Crippen LogP contribution is 2.24. The van der Waals surface area contributed by atoms with Crippen LogP contribution in [-0.4, -0.2) is 222 Å². The van der Waals surface area contributed by atoms with Crippen LogP contribution in [0.15, 0.2) is 91.0 Å². The number of unbranched alkanes of at least 4 members (excludes halogenated alkanes) is 1. The standard InChI is InChI=1S/C74H102N18O21S/c1-39(93)61-71(109)91-62(44-15-19-46(112-4)20-16-44)72(110)84-48(21-24-56(77)95)64(102)88-55(38-114-32-27-51(82-40(2)94)66(104)83-49(67(105)90-61)22-25-57(78)96)69(107)85-52(34-41-12-17-47(18-13-41)113-31-30-76)68(106)86-53(35-42-11-14-43-9-5-6-10-45(43)33-42)70(108)92-74(3,28-7-8-29-75)73(111)89-50(23-26-60(99)100)65(103)87-54(36-58(79)97)63(101)81-37-59(80)98/h5-6,9-20,33,39,48-55,61-62,93H,7-8,21-32,34-38,75-76H2,1-4H3,(H2,77,95)(H2,78,96)(H2,79,97)(H2,80,98)(H,81,101)(H,82,94)(H,83,104)(H,84,110)(H,85,107)(H,86,106)(H,87,103)(H,88,102)(H,89,111)(H,90,105)(H,91,109)(H,92,108)(H,99,100)/t39-,48+,49+,50+,51+,52+,53+,54+,55+,61+,62+,74+/m1/s1. The van der Waals surface area contributed by atoms with Gasteiger partial charge in [-0.1, -0.05) is 66.7 Å². The third-order valence-electron chi connectivity index (χ3n) is 17.9. The van der Waals surface area contributed by atoms with Crippen LogP contribution in [0.2, 0.25) is 0 Å². The van der Waals surface area contributed by atoms with Crippen molar-refractivity contribution >= 4 is 123 Å². The van der Waals surface area contributed by atoms with Crippen molar-refractivity contribution in [3.8, 4) is 11.5 Å². The molecule has 0 spiro atoms. The number of aliphatic carboxylic acids is 1. The van der Waals surface area contributed by atoms with E-state index in [4.69, 9.17) is 43.9 Å². The van der Waals surface area contributed by atoms with Gasteiger partial charge in [0.2, 0.25) is 94.5 Å². The van der Waals surface area contributed by atoms with Gasteiger partial charge in [0, 0.05) is 51.3 Å². The second kappa shape index (κ2) is 46.1. The lowest BCUT2D eigenvalue weighted by atomic mass is 9.91. The molecule has 1 heterocycles. The van der Waals surface area contributed by atoms with Gasteiger partial charge in [-0.3, -0.25) is 81.5 Å². The van der Waals surface area contributed by atoms with Crippen molar-refractivity contribution < 1.29 is 101 Å². The van der Waals surface area contributed by atoms with E-state index in [1.54, 1.807) is 60.7 Å². The molecule has 16 amide bonds. The average molecular weight is 1610 g/mol. The summed E-state index contributed by atoms with van der Waals surface area (Å²) in [6.07, 6.45) is -7.00. The van der Waals surface area contributed by atoms with Crippen LogP contribution >= 0.6 is 11.8 Å². The smallest absolute Gasteiger partial charge is 0.303 e. The molecule has 4 aromatic rings. The molecular formula is C74H102N18O21S. The molecule has 12 atom stereocenters. The third kappa shape index (κ3) is 30.9. The van der Waals surface area contributed by atoms with Crippen LogP contribution in [0.3, 0.4) is 0 Å². The van der Waals surface area contributed by atoms with Gasteiger partial charge in [0.1, 0.15) is 84.1 Å². The van der Waals surface area contributed by atoms with E-state index >= 15 is 19.2 Å². The maximum absolute atomic E-state index is 15.6. The summed E-state index contributed by atoms with van der Waals surface area (Å²) in [5.41, 5.74) is 31.9. The molecule has 0 saturated carbocycles. The largest absolute Gasteiger partial charge is 0.497 e. The van der Waals surface area contributed by atoms with Gasteiger partial charge in [0.15, 0.2) is 0 Å². The Morgan fingerprint density at radius 1 is 0.605 bits per heavy atom. The summed E-state index contributed by atoms with van der Waals surface area (Å²) in [5.74, 6) is -18.4. The summed E-state index contributed by atoms with van der Waals surface area (Å²) in [5, 5.41) is 52.2. The lowest BCUT2D eigenvalue weighted by Gasteiger charge is -2.34. The summed E-state index contributed by atoms with van der Waals surface area (Å²) in [4.78, 5) is 235. The summed E-state index contributed by atoms with van der Waals surface area (Å²) in [6, 6.07) is 6.46. The minimum absolute atomic E-state index is 0.0169. The number of ether oxygens (including phenoxy) is 2. The fraction of sp³-hybridized carbons (Fsp3) is 0.473. The van der Waals surface area contributed by atoms with Gasteiger partial charge in [-0.05, 0) is 123 Å². The van der Waals surface area contributed by atoms with Gasteiger partial charge >= 0.3 is 5.97 Å². The fourth-order valence-electron chi connectivity index (χ4n) is 11.7. The molecule has 0 aliphatic carbocycles. The van der Waals surface area contributed by atoms with Gasteiger partial charge < -0.3 is 118 Å². The maximum atomic E-state index is 15.6. The molecule has 4 aromatic carbocycles. The number of carboxylic acid groups (broad SMARTS) is 1.